The zero-order chi connectivity index (χ0) is 12.6. The fourth-order valence-corrected chi connectivity index (χ4v) is 3.82. The van der Waals surface area contributed by atoms with Gasteiger partial charge in [-0.05, 0) is 63.0 Å². The van der Waals surface area contributed by atoms with Crippen LogP contribution in [0.25, 0.3) is 0 Å². The molecule has 1 saturated carbocycles. The molecule has 1 fully saturated rings. The van der Waals surface area contributed by atoms with Crippen molar-refractivity contribution in [2.24, 2.45) is 28.7 Å². The summed E-state index contributed by atoms with van der Waals surface area (Å²) in [5.41, 5.74) is 1.77. The van der Waals surface area contributed by atoms with Gasteiger partial charge in [-0.2, -0.15) is 0 Å². The summed E-state index contributed by atoms with van der Waals surface area (Å²) in [6.45, 7) is 13.3. The number of nitrogens with zero attached hydrogens (tertiary/aromatic N) is 1. The highest BCUT2D eigenvalue weighted by Gasteiger charge is 2.45. The smallest absolute Gasteiger partial charge is 0.0609 e. The Bertz CT molecular complexity index is 328. The van der Waals surface area contributed by atoms with E-state index >= 15 is 0 Å². The predicted octanol–water partition coefficient (Wildman–Crippen LogP) is 4.48. The van der Waals surface area contributed by atoms with Crippen molar-refractivity contribution in [3.8, 4) is 0 Å². The molecule has 0 radical (unpaired) electrons. The van der Waals surface area contributed by atoms with Crippen molar-refractivity contribution >= 4 is 6.72 Å². The van der Waals surface area contributed by atoms with Crippen LogP contribution in [0.5, 0.6) is 0 Å². The molecular weight excluding hydrogens is 206 g/mol. The molecule has 2 aliphatic rings. The van der Waals surface area contributed by atoms with Gasteiger partial charge in [-0.25, -0.2) is 0 Å². The molecule has 4 atom stereocenters. The standard InChI is InChI=1S/C16H27N/c1-11(2)13-8-9-16(4,17-5)15-7-6-12(3)14(15)10-13/h10-12,14-15H,5-9H2,1-4H3. The molecule has 4 unspecified atom stereocenters. The van der Waals surface area contributed by atoms with E-state index in [1.54, 1.807) is 5.57 Å². The molecule has 0 saturated heterocycles. The first-order chi connectivity index (χ1) is 7.98. The molecule has 0 heterocycles. The third-order valence-electron chi connectivity index (χ3n) is 5.28. The lowest BCUT2D eigenvalue weighted by Gasteiger charge is -2.33. The Morgan fingerprint density at radius 1 is 1.41 bits per heavy atom. The van der Waals surface area contributed by atoms with E-state index in [0.29, 0.717) is 5.92 Å². The van der Waals surface area contributed by atoms with Crippen molar-refractivity contribution in [3.63, 3.8) is 0 Å². The number of rotatable bonds is 2. The normalized spacial score (nSPS) is 41.9. The third-order valence-corrected chi connectivity index (χ3v) is 5.28. The molecule has 0 amide bonds. The summed E-state index contributed by atoms with van der Waals surface area (Å²) in [5.74, 6) is 2.99. The van der Waals surface area contributed by atoms with Gasteiger partial charge in [0.25, 0.3) is 0 Å². The molecule has 0 aromatic carbocycles. The van der Waals surface area contributed by atoms with Gasteiger partial charge < -0.3 is 0 Å². The van der Waals surface area contributed by atoms with E-state index in [2.05, 4.69) is 45.5 Å². The van der Waals surface area contributed by atoms with Crippen molar-refractivity contribution in [3.05, 3.63) is 11.6 Å². The largest absolute Gasteiger partial charge is 0.294 e. The Balaban J connectivity index is 2.34. The zero-order valence-electron chi connectivity index (χ0n) is 11.9. The summed E-state index contributed by atoms with van der Waals surface area (Å²) in [6, 6.07) is 0. The van der Waals surface area contributed by atoms with E-state index in [1.165, 1.54) is 25.7 Å². The van der Waals surface area contributed by atoms with Crippen LogP contribution in [0.15, 0.2) is 16.6 Å². The van der Waals surface area contributed by atoms with E-state index in [-0.39, 0.29) is 5.54 Å². The van der Waals surface area contributed by atoms with Gasteiger partial charge in [-0.1, -0.05) is 32.4 Å². The van der Waals surface area contributed by atoms with Gasteiger partial charge in [0, 0.05) is 0 Å². The minimum atomic E-state index is 0.114. The van der Waals surface area contributed by atoms with Gasteiger partial charge in [0.1, 0.15) is 0 Å². The third kappa shape index (κ3) is 2.21. The second kappa shape index (κ2) is 4.59. The molecule has 0 aromatic heterocycles. The van der Waals surface area contributed by atoms with Gasteiger partial charge in [-0.15, -0.1) is 0 Å². The first kappa shape index (κ1) is 12.9. The highest BCUT2D eigenvalue weighted by atomic mass is 14.8. The van der Waals surface area contributed by atoms with Crippen LogP contribution >= 0.6 is 0 Å². The molecule has 17 heavy (non-hydrogen) atoms. The highest BCUT2D eigenvalue weighted by molar-refractivity contribution is 5.28. The maximum atomic E-state index is 4.53. The summed E-state index contributed by atoms with van der Waals surface area (Å²) in [7, 11) is 0. The minimum absolute atomic E-state index is 0.114. The summed E-state index contributed by atoms with van der Waals surface area (Å²) in [4.78, 5) is 4.53. The van der Waals surface area contributed by atoms with Crippen LogP contribution < -0.4 is 0 Å². The van der Waals surface area contributed by atoms with Crippen molar-refractivity contribution < 1.29 is 0 Å². The van der Waals surface area contributed by atoms with Crippen LogP contribution in [0.4, 0.5) is 0 Å². The van der Waals surface area contributed by atoms with E-state index in [0.717, 1.165) is 17.8 Å². The molecular formula is C16H27N. The quantitative estimate of drug-likeness (QED) is 0.492. The Morgan fingerprint density at radius 2 is 2.12 bits per heavy atom. The SMILES string of the molecule is C=NC1(C)CCC(C(C)C)=CC2C(C)CCC21. The maximum Gasteiger partial charge on any atom is 0.0609 e. The van der Waals surface area contributed by atoms with E-state index in [1.807, 2.05) is 0 Å². The van der Waals surface area contributed by atoms with Crippen LogP contribution in [0, 0.1) is 23.7 Å². The summed E-state index contributed by atoms with van der Waals surface area (Å²) < 4.78 is 0. The molecule has 0 aliphatic heterocycles. The zero-order valence-corrected chi connectivity index (χ0v) is 11.9. The van der Waals surface area contributed by atoms with Gasteiger partial charge in [-0.3, -0.25) is 4.99 Å². The molecule has 0 aromatic rings. The lowest BCUT2D eigenvalue weighted by molar-refractivity contribution is 0.243. The number of hydrogen-bond acceptors (Lipinski definition) is 1. The molecule has 96 valence electrons. The summed E-state index contributed by atoms with van der Waals surface area (Å²) >= 11 is 0. The van der Waals surface area contributed by atoms with Crippen LogP contribution in [0.1, 0.15) is 53.4 Å². The lowest BCUT2D eigenvalue weighted by atomic mass is 9.76. The van der Waals surface area contributed by atoms with Crippen LogP contribution in [0.2, 0.25) is 0 Å². The predicted molar refractivity (Wildman–Crippen MR) is 75.5 cm³/mol. The Hall–Kier alpha value is -0.590. The lowest BCUT2D eigenvalue weighted by Crippen LogP contribution is -2.34. The average molecular weight is 233 g/mol. The second-order valence-corrected chi connectivity index (χ2v) is 6.65. The highest BCUT2D eigenvalue weighted by Crippen LogP contribution is 2.49. The van der Waals surface area contributed by atoms with Crippen LogP contribution in [0.3, 0.4) is 0 Å². The van der Waals surface area contributed by atoms with Gasteiger partial charge in [0.15, 0.2) is 0 Å². The molecule has 2 rings (SSSR count). The topological polar surface area (TPSA) is 12.4 Å². The molecule has 1 heteroatoms. The van der Waals surface area contributed by atoms with Gasteiger partial charge in [0.2, 0.25) is 0 Å². The first-order valence-corrected chi connectivity index (χ1v) is 7.16. The van der Waals surface area contributed by atoms with Crippen LogP contribution in [-0.2, 0) is 0 Å². The van der Waals surface area contributed by atoms with Crippen molar-refractivity contribution in [1.82, 2.24) is 0 Å². The van der Waals surface area contributed by atoms with Crippen molar-refractivity contribution in [2.45, 2.75) is 58.9 Å². The van der Waals surface area contributed by atoms with Gasteiger partial charge in [0.05, 0.1) is 5.54 Å². The van der Waals surface area contributed by atoms with E-state index < -0.39 is 0 Å². The fraction of sp³-hybridized carbons (Fsp3) is 0.812. The minimum Gasteiger partial charge on any atom is -0.294 e. The van der Waals surface area contributed by atoms with E-state index in [4.69, 9.17) is 0 Å². The molecule has 0 N–H and O–H groups in total. The molecule has 1 nitrogen and oxygen atoms in total. The Labute approximate surface area is 106 Å². The van der Waals surface area contributed by atoms with Crippen molar-refractivity contribution in [2.75, 3.05) is 0 Å². The Kier molecular flexibility index (Phi) is 3.47. The second-order valence-electron chi connectivity index (χ2n) is 6.65. The van der Waals surface area contributed by atoms with Gasteiger partial charge >= 0.3 is 0 Å². The number of hydrogen-bond donors (Lipinski definition) is 0. The summed E-state index contributed by atoms with van der Waals surface area (Å²) in [5, 5.41) is 0. The molecule has 0 spiro atoms. The van der Waals surface area contributed by atoms with Crippen molar-refractivity contribution in [1.29, 1.82) is 0 Å². The van der Waals surface area contributed by atoms with Crippen LogP contribution in [-0.4, -0.2) is 12.3 Å². The van der Waals surface area contributed by atoms with E-state index in [9.17, 15) is 0 Å². The number of fused-ring (bicyclic) bond motifs is 1. The Morgan fingerprint density at radius 3 is 2.71 bits per heavy atom. The maximum absolute atomic E-state index is 4.53. The number of aliphatic imine (C=N–C) groups is 1. The molecule has 2 aliphatic carbocycles. The monoisotopic (exact) mass is 233 g/mol. The fourth-order valence-electron chi connectivity index (χ4n) is 3.82. The average Bonchev–Trinajstić information content (AvgIpc) is 2.57. The summed E-state index contributed by atoms with van der Waals surface area (Å²) in [6.07, 6.45) is 7.70. The first-order valence-electron chi connectivity index (χ1n) is 7.16. The number of allylic oxidation sites excluding steroid dienone is 2. The molecule has 0 bridgehead atoms.